The Labute approximate surface area is 127 Å². The normalized spacial score (nSPS) is 17.1. The van der Waals surface area contributed by atoms with E-state index in [4.69, 9.17) is 4.74 Å². The van der Waals surface area contributed by atoms with Crippen LogP contribution >= 0.6 is 0 Å². The fourth-order valence-corrected chi connectivity index (χ4v) is 2.80. The molecular formula is C17H26N2O2. The number of carbonyl (C=O) groups is 1. The molecule has 1 fully saturated rings. The Kier molecular flexibility index (Phi) is 6.05. The molecule has 1 N–H and O–H groups in total. The fraction of sp³-hybridized carbons (Fsp3) is 0.588. The average Bonchev–Trinajstić information content (AvgIpc) is 2.78. The summed E-state index contributed by atoms with van der Waals surface area (Å²) in [6, 6.07) is 7.78. The van der Waals surface area contributed by atoms with Gasteiger partial charge in [-0.2, -0.15) is 0 Å². The minimum absolute atomic E-state index is 0.198. The van der Waals surface area contributed by atoms with Crippen LogP contribution in [0.1, 0.15) is 38.2 Å². The molecule has 0 radical (unpaired) electrons. The third-order valence-corrected chi connectivity index (χ3v) is 3.98. The van der Waals surface area contributed by atoms with Crippen LogP contribution in [-0.4, -0.2) is 37.0 Å². The number of hydrogen-bond acceptors (Lipinski definition) is 3. The summed E-state index contributed by atoms with van der Waals surface area (Å²) in [4.78, 5) is 14.6. The lowest BCUT2D eigenvalue weighted by Gasteiger charge is -2.25. The molecule has 0 bridgehead atoms. The molecule has 1 amide bonds. The van der Waals surface area contributed by atoms with Crippen LogP contribution < -0.4 is 5.32 Å². The SMILES string of the molecule is COCc1ccccc1NC(C)C(=O)N1CCCCCC1. The number of rotatable bonds is 5. The predicted molar refractivity (Wildman–Crippen MR) is 85.3 cm³/mol. The van der Waals surface area contributed by atoms with Crippen LogP contribution in [0.15, 0.2) is 24.3 Å². The summed E-state index contributed by atoms with van der Waals surface area (Å²) in [6.45, 7) is 4.28. The van der Waals surface area contributed by atoms with Gasteiger partial charge in [-0.05, 0) is 25.8 Å². The van der Waals surface area contributed by atoms with Gasteiger partial charge in [0.05, 0.1) is 6.61 Å². The van der Waals surface area contributed by atoms with E-state index in [0.29, 0.717) is 6.61 Å². The van der Waals surface area contributed by atoms with E-state index in [-0.39, 0.29) is 11.9 Å². The first-order valence-electron chi connectivity index (χ1n) is 7.84. The summed E-state index contributed by atoms with van der Waals surface area (Å²) < 4.78 is 5.21. The predicted octanol–water partition coefficient (Wildman–Crippen LogP) is 3.04. The number of methoxy groups -OCH3 is 1. The van der Waals surface area contributed by atoms with Gasteiger partial charge in [-0.25, -0.2) is 0 Å². The maximum Gasteiger partial charge on any atom is 0.244 e. The van der Waals surface area contributed by atoms with Crippen molar-refractivity contribution in [3.05, 3.63) is 29.8 Å². The molecular weight excluding hydrogens is 264 g/mol. The fourth-order valence-electron chi connectivity index (χ4n) is 2.80. The zero-order valence-corrected chi connectivity index (χ0v) is 13.1. The maximum absolute atomic E-state index is 12.6. The zero-order chi connectivity index (χ0) is 15.1. The highest BCUT2D eigenvalue weighted by atomic mass is 16.5. The van der Waals surface area contributed by atoms with Crippen molar-refractivity contribution in [2.24, 2.45) is 0 Å². The monoisotopic (exact) mass is 290 g/mol. The van der Waals surface area contributed by atoms with E-state index in [1.807, 2.05) is 36.1 Å². The number of nitrogens with one attached hydrogen (secondary N) is 1. The Balaban J connectivity index is 1.99. The van der Waals surface area contributed by atoms with Gasteiger partial charge in [-0.15, -0.1) is 0 Å². The number of nitrogens with zero attached hydrogens (tertiary/aromatic N) is 1. The van der Waals surface area contributed by atoms with Gasteiger partial charge < -0.3 is 15.0 Å². The van der Waals surface area contributed by atoms with Crippen molar-refractivity contribution in [1.82, 2.24) is 4.90 Å². The molecule has 1 aliphatic heterocycles. The van der Waals surface area contributed by atoms with E-state index in [2.05, 4.69) is 5.32 Å². The van der Waals surface area contributed by atoms with E-state index in [1.165, 1.54) is 12.8 Å². The molecule has 2 rings (SSSR count). The Bertz CT molecular complexity index is 454. The van der Waals surface area contributed by atoms with Gasteiger partial charge >= 0.3 is 0 Å². The van der Waals surface area contributed by atoms with E-state index in [9.17, 15) is 4.79 Å². The largest absolute Gasteiger partial charge is 0.380 e. The van der Waals surface area contributed by atoms with E-state index >= 15 is 0 Å². The molecule has 1 heterocycles. The van der Waals surface area contributed by atoms with E-state index < -0.39 is 0 Å². The van der Waals surface area contributed by atoms with Crippen molar-refractivity contribution >= 4 is 11.6 Å². The van der Waals surface area contributed by atoms with Crippen molar-refractivity contribution < 1.29 is 9.53 Å². The first-order chi connectivity index (χ1) is 10.2. The van der Waals surface area contributed by atoms with Crippen molar-refractivity contribution in [2.75, 3.05) is 25.5 Å². The van der Waals surface area contributed by atoms with Crippen LogP contribution in [0.2, 0.25) is 0 Å². The second-order valence-corrected chi connectivity index (χ2v) is 5.70. The molecule has 1 atom stereocenters. The summed E-state index contributed by atoms with van der Waals surface area (Å²) >= 11 is 0. The van der Waals surface area contributed by atoms with Crippen molar-refractivity contribution in [3.63, 3.8) is 0 Å². The molecule has 1 aromatic carbocycles. The second-order valence-electron chi connectivity index (χ2n) is 5.70. The van der Waals surface area contributed by atoms with Crippen LogP contribution in [0, 0.1) is 0 Å². The maximum atomic E-state index is 12.6. The lowest BCUT2D eigenvalue weighted by atomic mass is 10.1. The summed E-state index contributed by atoms with van der Waals surface area (Å²) in [5.74, 6) is 0.198. The van der Waals surface area contributed by atoms with E-state index in [1.54, 1.807) is 7.11 Å². The van der Waals surface area contributed by atoms with Gasteiger partial charge in [0, 0.05) is 31.5 Å². The second kappa shape index (κ2) is 8.03. The summed E-state index contributed by atoms with van der Waals surface area (Å²) in [6.07, 6.45) is 4.72. The lowest BCUT2D eigenvalue weighted by molar-refractivity contribution is -0.131. The molecule has 116 valence electrons. The van der Waals surface area contributed by atoms with Crippen LogP contribution in [0.5, 0.6) is 0 Å². The topological polar surface area (TPSA) is 41.6 Å². The highest BCUT2D eigenvalue weighted by molar-refractivity contribution is 5.84. The number of hydrogen-bond donors (Lipinski definition) is 1. The third kappa shape index (κ3) is 4.46. The van der Waals surface area contributed by atoms with Gasteiger partial charge in [0.1, 0.15) is 6.04 Å². The molecule has 4 nitrogen and oxygen atoms in total. The van der Waals surface area contributed by atoms with Gasteiger partial charge in [-0.1, -0.05) is 31.0 Å². The van der Waals surface area contributed by atoms with Crippen molar-refractivity contribution in [1.29, 1.82) is 0 Å². The average molecular weight is 290 g/mol. The molecule has 4 heteroatoms. The van der Waals surface area contributed by atoms with E-state index in [0.717, 1.165) is 37.2 Å². The Hall–Kier alpha value is -1.55. The van der Waals surface area contributed by atoms with Gasteiger partial charge in [0.15, 0.2) is 0 Å². The molecule has 0 aromatic heterocycles. The van der Waals surface area contributed by atoms with Crippen LogP contribution in [0.4, 0.5) is 5.69 Å². The molecule has 0 aliphatic carbocycles. The van der Waals surface area contributed by atoms with Crippen molar-refractivity contribution in [3.8, 4) is 0 Å². The molecule has 21 heavy (non-hydrogen) atoms. The first-order valence-corrected chi connectivity index (χ1v) is 7.84. The summed E-state index contributed by atoms with van der Waals surface area (Å²) in [7, 11) is 1.68. The highest BCUT2D eigenvalue weighted by Gasteiger charge is 2.21. The number of anilines is 1. The summed E-state index contributed by atoms with van der Waals surface area (Å²) in [5.41, 5.74) is 2.06. The van der Waals surface area contributed by atoms with Gasteiger partial charge in [0.25, 0.3) is 0 Å². The standard InChI is InChI=1S/C17H26N2O2/c1-14(17(20)19-11-7-3-4-8-12-19)18-16-10-6-5-9-15(16)13-21-2/h5-6,9-10,14,18H,3-4,7-8,11-13H2,1-2H3. The first kappa shape index (κ1) is 15.8. The van der Waals surface area contributed by atoms with Crippen molar-refractivity contribution in [2.45, 2.75) is 45.3 Å². The third-order valence-electron chi connectivity index (χ3n) is 3.98. The van der Waals surface area contributed by atoms with Crippen LogP contribution in [0.25, 0.3) is 0 Å². The number of carbonyl (C=O) groups excluding carboxylic acids is 1. The Morgan fingerprint density at radius 1 is 1.24 bits per heavy atom. The Morgan fingerprint density at radius 2 is 1.90 bits per heavy atom. The molecule has 0 saturated carbocycles. The number of para-hydroxylation sites is 1. The Morgan fingerprint density at radius 3 is 2.57 bits per heavy atom. The molecule has 1 aromatic rings. The quantitative estimate of drug-likeness (QED) is 0.906. The minimum atomic E-state index is -0.207. The number of likely N-dealkylation sites (tertiary alicyclic amines) is 1. The molecule has 0 spiro atoms. The summed E-state index contributed by atoms with van der Waals surface area (Å²) in [5, 5.41) is 3.34. The van der Waals surface area contributed by atoms with Gasteiger partial charge in [0.2, 0.25) is 5.91 Å². The highest BCUT2D eigenvalue weighted by Crippen LogP contribution is 2.18. The smallest absolute Gasteiger partial charge is 0.244 e. The number of amides is 1. The molecule has 1 saturated heterocycles. The molecule has 1 aliphatic rings. The van der Waals surface area contributed by atoms with Gasteiger partial charge in [-0.3, -0.25) is 4.79 Å². The number of ether oxygens (including phenoxy) is 1. The number of benzene rings is 1. The van der Waals surface area contributed by atoms with Crippen LogP contribution in [0.3, 0.4) is 0 Å². The van der Waals surface area contributed by atoms with Crippen LogP contribution in [-0.2, 0) is 16.1 Å². The minimum Gasteiger partial charge on any atom is -0.380 e. The molecule has 1 unspecified atom stereocenters. The zero-order valence-electron chi connectivity index (χ0n) is 13.1. The lowest BCUT2D eigenvalue weighted by Crippen LogP contribution is -2.42.